The zero-order valence-corrected chi connectivity index (χ0v) is 16.8. The van der Waals surface area contributed by atoms with Crippen LogP contribution in [0.1, 0.15) is 24.5 Å². The van der Waals surface area contributed by atoms with E-state index in [1.807, 2.05) is 32.0 Å². The number of thioether (sulfide) groups is 1. The highest BCUT2D eigenvalue weighted by Gasteiger charge is 2.16. The first kappa shape index (κ1) is 20.3. The predicted octanol–water partition coefficient (Wildman–Crippen LogP) is 4.19. The Bertz CT molecular complexity index is 843. The van der Waals surface area contributed by atoms with Gasteiger partial charge >= 0.3 is 0 Å². The van der Waals surface area contributed by atoms with Gasteiger partial charge in [-0.1, -0.05) is 25.1 Å². The average molecular weight is 393 g/mol. The zero-order valence-electron chi connectivity index (χ0n) is 15.2. The largest absolute Gasteiger partial charge is 0.325 e. The number of amides is 1. The van der Waals surface area contributed by atoms with E-state index in [4.69, 9.17) is 0 Å². The van der Waals surface area contributed by atoms with Gasteiger partial charge in [0.1, 0.15) is 0 Å². The van der Waals surface area contributed by atoms with Crippen LogP contribution < -0.4 is 10.0 Å². The quantitative estimate of drug-likeness (QED) is 0.661. The van der Waals surface area contributed by atoms with Crippen LogP contribution in [-0.2, 0) is 14.8 Å². The highest BCUT2D eigenvalue weighted by molar-refractivity contribution is 7.99. The molecule has 0 aliphatic heterocycles. The maximum Gasteiger partial charge on any atom is 0.261 e. The van der Waals surface area contributed by atoms with Crippen LogP contribution >= 0.6 is 11.8 Å². The van der Waals surface area contributed by atoms with Gasteiger partial charge in [-0.3, -0.25) is 9.52 Å². The van der Waals surface area contributed by atoms with Gasteiger partial charge < -0.3 is 5.32 Å². The van der Waals surface area contributed by atoms with Crippen LogP contribution in [0.4, 0.5) is 11.4 Å². The maximum atomic E-state index is 12.6. The summed E-state index contributed by atoms with van der Waals surface area (Å²) in [6.07, 6.45) is 1.03. The fourth-order valence-corrected chi connectivity index (χ4v) is 4.29. The molecule has 0 aliphatic carbocycles. The summed E-state index contributed by atoms with van der Waals surface area (Å²) in [5.74, 6) is 1.24. The topological polar surface area (TPSA) is 75.3 Å². The minimum absolute atomic E-state index is 0.0901. The molecule has 7 heteroatoms. The second-order valence-electron chi connectivity index (χ2n) is 6.00. The van der Waals surface area contributed by atoms with Crippen molar-refractivity contribution < 1.29 is 13.2 Å². The number of anilines is 2. The molecule has 26 heavy (non-hydrogen) atoms. The Morgan fingerprint density at radius 3 is 2.23 bits per heavy atom. The molecule has 0 unspecified atom stereocenters. The minimum atomic E-state index is -3.69. The Kier molecular flexibility index (Phi) is 7.11. The van der Waals surface area contributed by atoms with E-state index < -0.39 is 10.0 Å². The van der Waals surface area contributed by atoms with Crippen molar-refractivity contribution in [1.82, 2.24) is 0 Å². The molecule has 0 aromatic heterocycles. The van der Waals surface area contributed by atoms with Gasteiger partial charge in [0, 0.05) is 5.69 Å². The van der Waals surface area contributed by atoms with Gasteiger partial charge in [0.15, 0.2) is 0 Å². The molecule has 0 bridgehead atoms. The van der Waals surface area contributed by atoms with E-state index in [-0.39, 0.29) is 10.8 Å². The maximum absolute atomic E-state index is 12.6. The van der Waals surface area contributed by atoms with Crippen molar-refractivity contribution in [1.29, 1.82) is 0 Å². The Hall–Kier alpha value is -1.99. The van der Waals surface area contributed by atoms with Crippen molar-refractivity contribution in [2.45, 2.75) is 32.1 Å². The van der Waals surface area contributed by atoms with Crippen molar-refractivity contribution in [2.24, 2.45) is 0 Å². The zero-order chi connectivity index (χ0) is 19.2. The number of carbonyl (C=O) groups is 1. The second kappa shape index (κ2) is 9.09. The molecule has 0 saturated heterocycles. The first-order valence-electron chi connectivity index (χ1n) is 8.40. The number of hydrogen-bond donors (Lipinski definition) is 2. The fraction of sp³-hybridized carbons (Fsp3) is 0.316. The van der Waals surface area contributed by atoms with Crippen LogP contribution in [0.5, 0.6) is 0 Å². The van der Waals surface area contributed by atoms with E-state index in [1.54, 1.807) is 23.9 Å². The van der Waals surface area contributed by atoms with Gasteiger partial charge in [-0.25, -0.2) is 8.42 Å². The third kappa shape index (κ3) is 5.51. The van der Waals surface area contributed by atoms with Crippen molar-refractivity contribution >= 4 is 39.1 Å². The summed E-state index contributed by atoms with van der Waals surface area (Å²) in [4.78, 5) is 12.0. The lowest BCUT2D eigenvalue weighted by Gasteiger charge is -2.13. The molecule has 0 atom stereocenters. The van der Waals surface area contributed by atoms with E-state index >= 15 is 0 Å². The molecular weight excluding hydrogens is 368 g/mol. The molecule has 0 aliphatic rings. The molecule has 2 aromatic rings. The molecule has 2 N–H and O–H groups in total. The number of aryl methyl sites for hydroxylation is 2. The van der Waals surface area contributed by atoms with Gasteiger partial charge in [0.25, 0.3) is 10.0 Å². The summed E-state index contributed by atoms with van der Waals surface area (Å²) in [5, 5.41) is 2.77. The monoisotopic (exact) mass is 392 g/mol. The standard InChI is InChI=1S/C19H24N2O3S2/c1-4-12-25-13-18(22)20-16-8-10-17(11-9-16)26(23,24)21-19-14(2)6-5-7-15(19)3/h5-11,21H,4,12-13H2,1-3H3,(H,20,22). The Balaban J connectivity index is 2.08. The second-order valence-corrected chi connectivity index (χ2v) is 8.79. The number of nitrogens with one attached hydrogen (secondary N) is 2. The lowest BCUT2D eigenvalue weighted by Crippen LogP contribution is -2.16. The van der Waals surface area contributed by atoms with Crippen molar-refractivity contribution in [3.63, 3.8) is 0 Å². The summed E-state index contributed by atoms with van der Waals surface area (Å²) in [7, 11) is -3.69. The van der Waals surface area contributed by atoms with Crippen molar-refractivity contribution in [3.05, 3.63) is 53.6 Å². The molecule has 2 aromatic carbocycles. The van der Waals surface area contributed by atoms with Gasteiger partial charge in [-0.05, 0) is 61.4 Å². The fourth-order valence-electron chi connectivity index (χ4n) is 2.39. The van der Waals surface area contributed by atoms with Crippen molar-refractivity contribution in [2.75, 3.05) is 21.5 Å². The predicted molar refractivity (Wildman–Crippen MR) is 109 cm³/mol. The molecule has 140 valence electrons. The summed E-state index contributed by atoms with van der Waals surface area (Å²) in [5.41, 5.74) is 2.90. The van der Waals surface area contributed by atoms with Crippen LogP contribution in [-0.4, -0.2) is 25.8 Å². The molecular formula is C19H24N2O3S2. The number of rotatable bonds is 8. The lowest BCUT2D eigenvalue weighted by molar-refractivity contribution is -0.113. The van der Waals surface area contributed by atoms with Crippen LogP contribution in [0.3, 0.4) is 0 Å². The molecule has 0 heterocycles. The SMILES string of the molecule is CCCSCC(=O)Nc1ccc(S(=O)(=O)Nc2c(C)cccc2C)cc1. The van der Waals surface area contributed by atoms with Crippen LogP contribution in [0.15, 0.2) is 47.4 Å². The summed E-state index contributed by atoms with van der Waals surface area (Å²) in [6, 6.07) is 11.8. The summed E-state index contributed by atoms with van der Waals surface area (Å²) < 4.78 is 27.9. The molecule has 2 rings (SSSR count). The van der Waals surface area contributed by atoms with E-state index in [2.05, 4.69) is 17.0 Å². The smallest absolute Gasteiger partial charge is 0.261 e. The Morgan fingerprint density at radius 1 is 1.04 bits per heavy atom. The van der Waals surface area contributed by atoms with E-state index in [0.717, 1.165) is 23.3 Å². The highest BCUT2D eigenvalue weighted by atomic mass is 32.2. The number of para-hydroxylation sites is 1. The summed E-state index contributed by atoms with van der Waals surface area (Å²) in [6.45, 7) is 5.79. The lowest BCUT2D eigenvalue weighted by atomic mass is 10.1. The van der Waals surface area contributed by atoms with Gasteiger partial charge in [0.2, 0.25) is 5.91 Å². The Morgan fingerprint density at radius 2 is 1.65 bits per heavy atom. The molecule has 0 fully saturated rings. The van der Waals surface area contributed by atoms with Crippen LogP contribution in [0, 0.1) is 13.8 Å². The number of hydrogen-bond acceptors (Lipinski definition) is 4. The van der Waals surface area contributed by atoms with Crippen molar-refractivity contribution in [3.8, 4) is 0 Å². The molecule has 0 radical (unpaired) electrons. The van der Waals surface area contributed by atoms with E-state index in [0.29, 0.717) is 17.1 Å². The van der Waals surface area contributed by atoms with Gasteiger partial charge in [-0.15, -0.1) is 0 Å². The number of sulfonamides is 1. The van der Waals surface area contributed by atoms with Crippen LogP contribution in [0.2, 0.25) is 0 Å². The number of carbonyl (C=O) groups excluding carboxylic acids is 1. The molecule has 1 amide bonds. The van der Waals surface area contributed by atoms with E-state index in [1.165, 1.54) is 12.1 Å². The van der Waals surface area contributed by atoms with E-state index in [9.17, 15) is 13.2 Å². The average Bonchev–Trinajstić information content (AvgIpc) is 2.59. The van der Waals surface area contributed by atoms with Gasteiger partial charge in [0.05, 0.1) is 16.3 Å². The molecule has 0 spiro atoms. The Labute approximate surface area is 159 Å². The molecule has 0 saturated carbocycles. The first-order chi connectivity index (χ1) is 12.3. The third-order valence-corrected chi connectivity index (χ3v) is 6.28. The molecule has 5 nitrogen and oxygen atoms in total. The highest BCUT2D eigenvalue weighted by Crippen LogP contribution is 2.24. The van der Waals surface area contributed by atoms with Gasteiger partial charge in [-0.2, -0.15) is 11.8 Å². The minimum Gasteiger partial charge on any atom is -0.325 e. The third-order valence-electron chi connectivity index (χ3n) is 3.75. The van der Waals surface area contributed by atoms with Crippen LogP contribution in [0.25, 0.3) is 0 Å². The summed E-state index contributed by atoms with van der Waals surface area (Å²) >= 11 is 1.57. The normalized spacial score (nSPS) is 11.2. The first-order valence-corrected chi connectivity index (χ1v) is 11.0. The number of benzene rings is 2.